The van der Waals surface area contributed by atoms with E-state index in [1.165, 1.54) is 12.1 Å². The van der Waals surface area contributed by atoms with Gasteiger partial charge in [0.25, 0.3) is 0 Å². The van der Waals surface area contributed by atoms with Gasteiger partial charge in [-0.25, -0.2) is 4.79 Å². The first-order valence-corrected chi connectivity index (χ1v) is 14.8. The highest BCUT2D eigenvalue weighted by Gasteiger charge is 2.35. The maximum Gasteiger partial charge on any atom is 0.415 e. The van der Waals surface area contributed by atoms with E-state index in [0.717, 1.165) is 32.2 Å². The Kier molecular flexibility index (Phi) is 9.19. The molecule has 9 nitrogen and oxygen atoms in total. The minimum absolute atomic E-state index is 0.0291. The number of fused-ring (bicyclic) bond motifs is 1. The Balaban J connectivity index is 1.62. The number of carbonyl (C=O) groups excluding carboxylic acids is 1. The van der Waals surface area contributed by atoms with Crippen molar-refractivity contribution in [2.75, 3.05) is 39.8 Å². The Labute approximate surface area is 244 Å². The fourth-order valence-electron chi connectivity index (χ4n) is 6.00. The summed E-state index contributed by atoms with van der Waals surface area (Å²) in [5, 5.41) is 26.1. The zero-order chi connectivity index (χ0) is 29.1. The zero-order valence-electron chi connectivity index (χ0n) is 23.6. The largest absolute Gasteiger partial charge is 0.507 e. The van der Waals surface area contributed by atoms with Crippen molar-refractivity contribution in [3.63, 3.8) is 0 Å². The number of hydrogen-bond donors (Lipinski definition) is 3. The fourth-order valence-corrected chi connectivity index (χ4v) is 6.23. The number of nitrogens with one attached hydrogen (secondary N) is 1. The SMILES string of the molecule is CCCN(CC1CCCCN1)C(=O)Oc1cc(O)c2c(=O)cc(-c3ccccc3Cl)oc2c1C1CCN(C)CC1O. The van der Waals surface area contributed by atoms with E-state index in [1.807, 2.05) is 18.9 Å². The van der Waals surface area contributed by atoms with E-state index in [4.69, 9.17) is 20.8 Å². The van der Waals surface area contributed by atoms with Crippen molar-refractivity contribution in [3.05, 3.63) is 57.2 Å². The van der Waals surface area contributed by atoms with Crippen molar-refractivity contribution in [1.29, 1.82) is 0 Å². The third-order valence-electron chi connectivity index (χ3n) is 8.08. The molecule has 2 saturated heterocycles. The van der Waals surface area contributed by atoms with Crippen LogP contribution in [0.3, 0.4) is 0 Å². The van der Waals surface area contributed by atoms with E-state index in [-0.39, 0.29) is 34.3 Å². The molecule has 0 bridgehead atoms. The molecule has 3 aromatic rings. The molecule has 3 atom stereocenters. The number of piperidine rings is 2. The molecule has 0 radical (unpaired) electrons. The number of nitrogens with zero attached hydrogens (tertiary/aromatic N) is 2. The molecular weight excluding hydrogens is 546 g/mol. The van der Waals surface area contributed by atoms with Crippen LogP contribution in [-0.4, -0.2) is 78.0 Å². The number of aliphatic hydroxyl groups is 1. The van der Waals surface area contributed by atoms with Gasteiger partial charge in [-0.15, -0.1) is 0 Å². The van der Waals surface area contributed by atoms with E-state index < -0.39 is 23.5 Å². The van der Waals surface area contributed by atoms with E-state index >= 15 is 0 Å². The quantitative estimate of drug-likeness (QED) is 0.358. The number of aromatic hydroxyl groups is 1. The summed E-state index contributed by atoms with van der Waals surface area (Å²) in [5.74, 6) is -0.563. The van der Waals surface area contributed by atoms with Gasteiger partial charge in [-0.1, -0.05) is 37.1 Å². The van der Waals surface area contributed by atoms with Gasteiger partial charge in [-0.05, 0) is 58.0 Å². The molecule has 3 unspecified atom stereocenters. The number of likely N-dealkylation sites (N-methyl/N-ethyl adjacent to an activating group) is 1. The van der Waals surface area contributed by atoms with Crippen molar-refractivity contribution >= 4 is 28.7 Å². The first-order valence-electron chi connectivity index (χ1n) is 14.4. The molecule has 3 N–H and O–H groups in total. The fraction of sp³-hybridized carbons (Fsp3) is 0.484. The molecule has 0 aliphatic carbocycles. The van der Waals surface area contributed by atoms with Crippen LogP contribution < -0.4 is 15.5 Å². The predicted octanol–water partition coefficient (Wildman–Crippen LogP) is 4.95. The summed E-state index contributed by atoms with van der Waals surface area (Å²) < 4.78 is 12.3. The molecule has 10 heteroatoms. The molecule has 2 aliphatic rings. The van der Waals surface area contributed by atoms with Crippen LogP contribution in [0, 0.1) is 0 Å². The predicted molar refractivity (Wildman–Crippen MR) is 159 cm³/mol. The van der Waals surface area contributed by atoms with Crippen LogP contribution in [0.15, 0.2) is 45.6 Å². The summed E-state index contributed by atoms with van der Waals surface area (Å²) in [7, 11) is 1.92. The smallest absolute Gasteiger partial charge is 0.415 e. The highest BCUT2D eigenvalue weighted by molar-refractivity contribution is 6.33. The van der Waals surface area contributed by atoms with E-state index in [1.54, 1.807) is 29.2 Å². The van der Waals surface area contributed by atoms with Gasteiger partial charge in [-0.3, -0.25) is 4.79 Å². The summed E-state index contributed by atoms with van der Waals surface area (Å²) in [6.07, 6.45) is 3.13. The van der Waals surface area contributed by atoms with Gasteiger partial charge in [0.1, 0.15) is 28.2 Å². The van der Waals surface area contributed by atoms with Crippen molar-refractivity contribution in [3.8, 4) is 22.8 Å². The summed E-state index contributed by atoms with van der Waals surface area (Å²) in [4.78, 5) is 30.7. The number of benzene rings is 2. The number of carbonyl (C=O) groups is 1. The first-order chi connectivity index (χ1) is 19.8. The molecule has 0 spiro atoms. The lowest BCUT2D eigenvalue weighted by molar-refractivity contribution is 0.0627. The number of aliphatic hydroxyl groups excluding tert-OH is 1. The topological polar surface area (TPSA) is 115 Å². The van der Waals surface area contributed by atoms with Gasteiger partial charge >= 0.3 is 6.09 Å². The maximum absolute atomic E-state index is 13.6. The van der Waals surface area contributed by atoms with Crippen LogP contribution in [-0.2, 0) is 0 Å². The average Bonchev–Trinajstić information content (AvgIpc) is 2.94. The van der Waals surface area contributed by atoms with Crippen LogP contribution >= 0.6 is 11.6 Å². The van der Waals surface area contributed by atoms with Crippen molar-refractivity contribution in [1.82, 2.24) is 15.1 Å². The number of hydrogen-bond acceptors (Lipinski definition) is 8. The molecule has 2 fully saturated rings. The Hall–Kier alpha value is -3.11. The lowest BCUT2D eigenvalue weighted by atomic mass is 9.85. The monoisotopic (exact) mass is 583 g/mol. The summed E-state index contributed by atoms with van der Waals surface area (Å²) >= 11 is 6.43. The third-order valence-corrected chi connectivity index (χ3v) is 8.41. The highest BCUT2D eigenvalue weighted by Crippen LogP contribution is 2.43. The van der Waals surface area contributed by atoms with Gasteiger partial charge in [-0.2, -0.15) is 0 Å². The minimum Gasteiger partial charge on any atom is -0.507 e. The van der Waals surface area contributed by atoms with Crippen LogP contribution in [0.4, 0.5) is 4.79 Å². The second-order valence-electron chi connectivity index (χ2n) is 11.2. The molecular formula is C31H38ClN3O6. The molecule has 5 rings (SSSR count). The number of amides is 1. The molecule has 1 amide bonds. The zero-order valence-corrected chi connectivity index (χ0v) is 24.3. The van der Waals surface area contributed by atoms with Gasteiger partial charge in [0, 0.05) is 54.9 Å². The summed E-state index contributed by atoms with van der Waals surface area (Å²) in [5.41, 5.74) is 0.528. The molecule has 2 aromatic carbocycles. The normalized spacial score (nSPS) is 21.6. The Morgan fingerprint density at radius 3 is 2.76 bits per heavy atom. The second-order valence-corrected chi connectivity index (χ2v) is 11.6. The van der Waals surface area contributed by atoms with Crippen molar-refractivity contribution < 1.29 is 24.2 Å². The minimum atomic E-state index is -0.814. The van der Waals surface area contributed by atoms with Crippen LogP contribution in [0.5, 0.6) is 11.5 Å². The number of β-amino-alcohol motifs (C(OH)–C–C–N with tert-alkyl or cyclic N) is 1. The first kappa shape index (κ1) is 29.4. The number of likely N-dealkylation sites (tertiary alicyclic amines) is 1. The number of halogens is 1. The molecule has 0 saturated carbocycles. The van der Waals surface area contributed by atoms with E-state index in [9.17, 15) is 19.8 Å². The Bertz CT molecular complexity index is 1450. The standard InChI is InChI=1S/C31H38ClN3O6/c1-3-13-35(17-19-8-6-7-12-33-19)31(39)41-27-16-24(37)29-23(36)15-26(20-9-4-5-10-22(20)32)40-30(29)28(27)21-11-14-34(2)18-25(21)38/h4-5,9-10,15-16,19,21,25,33,37-38H,3,6-8,11-14,17-18H2,1-2H3. The van der Waals surface area contributed by atoms with Crippen LogP contribution in [0.2, 0.25) is 5.02 Å². The van der Waals surface area contributed by atoms with Crippen molar-refractivity contribution in [2.24, 2.45) is 0 Å². The lowest BCUT2D eigenvalue weighted by Crippen LogP contribution is -2.47. The van der Waals surface area contributed by atoms with Gasteiger partial charge in [0.05, 0.1) is 11.1 Å². The number of phenolic OH excluding ortho intramolecular Hbond substituents is 1. The second kappa shape index (κ2) is 12.8. The van der Waals surface area contributed by atoms with E-state index in [0.29, 0.717) is 48.7 Å². The molecule has 41 heavy (non-hydrogen) atoms. The van der Waals surface area contributed by atoms with Gasteiger partial charge in [0.2, 0.25) is 0 Å². The molecule has 3 heterocycles. The third kappa shape index (κ3) is 6.38. The van der Waals surface area contributed by atoms with Crippen LogP contribution in [0.25, 0.3) is 22.3 Å². The number of phenols is 1. The highest BCUT2D eigenvalue weighted by atomic mass is 35.5. The Morgan fingerprint density at radius 1 is 1.24 bits per heavy atom. The summed E-state index contributed by atoms with van der Waals surface area (Å²) in [6.45, 7) is 5.01. The summed E-state index contributed by atoms with van der Waals surface area (Å²) in [6, 6.07) is 9.77. The average molecular weight is 584 g/mol. The molecule has 220 valence electrons. The van der Waals surface area contributed by atoms with Gasteiger partial charge in [0.15, 0.2) is 5.43 Å². The molecule has 1 aromatic heterocycles. The van der Waals surface area contributed by atoms with Crippen LogP contribution in [0.1, 0.15) is 50.5 Å². The number of rotatable bonds is 7. The van der Waals surface area contributed by atoms with E-state index in [2.05, 4.69) is 5.32 Å². The molecule has 2 aliphatic heterocycles. The lowest BCUT2D eigenvalue weighted by Gasteiger charge is -2.35. The Morgan fingerprint density at radius 2 is 2.05 bits per heavy atom. The maximum atomic E-state index is 13.6. The van der Waals surface area contributed by atoms with Gasteiger partial charge < -0.3 is 34.5 Å². The van der Waals surface area contributed by atoms with Crippen molar-refractivity contribution in [2.45, 2.75) is 57.1 Å². The number of ether oxygens (including phenoxy) is 1.